The van der Waals surface area contributed by atoms with Gasteiger partial charge in [-0.15, -0.1) is 0 Å². The smallest absolute Gasteiger partial charge is 0.304 e. The molecule has 0 bridgehead atoms. The van der Waals surface area contributed by atoms with Crippen molar-refractivity contribution in [2.24, 2.45) is 0 Å². The van der Waals surface area contributed by atoms with Crippen LogP contribution in [0.3, 0.4) is 0 Å². The monoisotopic (exact) mass is 351 g/mol. The van der Waals surface area contributed by atoms with Gasteiger partial charge in [-0.3, -0.25) is 10.1 Å². The number of nitro groups is 1. The topological polar surface area (TPSA) is 92.6 Å². The van der Waals surface area contributed by atoms with Crippen LogP contribution in [-0.4, -0.2) is 48.8 Å². The lowest BCUT2D eigenvalue weighted by molar-refractivity contribution is -0.383. The van der Waals surface area contributed by atoms with Gasteiger partial charge < -0.3 is 5.32 Å². The SMILES string of the molecule is CCCNc1sc(S(=O)(=O)N2CCSCC2)cc1[N+](=O)[O-]. The third-order valence-electron chi connectivity index (χ3n) is 2.99. The van der Waals surface area contributed by atoms with Gasteiger partial charge in [-0.2, -0.15) is 16.1 Å². The summed E-state index contributed by atoms with van der Waals surface area (Å²) >= 11 is 2.65. The molecule has 7 nitrogen and oxygen atoms in total. The Morgan fingerprint density at radius 2 is 2.10 bits per heavy atom. The summed E-state index contributed by atoms with van der Waals surface area (Å²) in [4.78, 5) is 10.5. The Morgan fingerprint density at radius 3 is 2.67 bits per heavy atom. The molecule has 0 spiro atoms. The van der Waals surface area contributed by atoms with Crippen LogP contribution in [0, 0.1) is 10.1 Å². The lowest BCUT2D eigenvalue weighted by Gasteiger charge is -2.24. The fourth-order valence-corrected chi connectivity index (χ4v) is 5.99. The molecule has 10 heteroatoms. The molecular weight excluding hydrogens is 334 g/mol. The maximum absolute atomic E-state index is 12.5. The number of nitrogens with one attached hydrogen (secondary N) is 1. The molecule has 1 aliphatic rings. The summed E-state index contributed by atoms with van der Waals surface area (Å²) in [6, 6.07) is 1.17. The molecule has 1 saturated heterocycles. The molecule has 118 valence electrons. The van der Waals surface area contributed by atoms with Gasteiger partial charge in [-0.05, 0) is 6.42 Å². The van der Waals surface area contributed by atoms with Crippen LogP contribution in [0.15, 0.2) is 10.3 Å². The summed E-state index contributed by atoms with van der Waals surface area (Å²) in [5.74, 6) is 1.52. The Kier molecular flexibility index (Phi) is 5.47. The normalized spacial score (nSPS) is 16.8. The zero-order chi connectivity index (χ0) is 15.5. The fraction of sp³-hybridized carbons (Fsp3) is 0.636. The average Bonchev–Trinajstić information content (AvgIpc) is 2.91. The van der Waals surface area contributed by atoms with Crippen LogP contribution in [0.25, 0.3) is 0 Å². The molecule has 2 rings (SSSR count). The van der Waals surface area contributed by atoms with Gasteiger partial charge in [0.05, 0.1) is 4.92 Å². The summed E-state index contributed by atoms with van der Waals surface area (Å²) < 4.78 is 26.5. The van der Waals surface area contributed by atoms with E-state index in [1.165, 1.54) is 10.4 Å². The van der Waals surface area contributed by atoms with Crippen molar-refractivity contribution in [1.82, 2.24) is 4.31 Å². The van der Waals surface area contributed by atoms with E-state index in [-0.39, 0.29) is 9.90 Å². The summed E-state index contributed by atoms with van der Waals surface area (Å²) in [6.07, 6.45) is 0.806. The molecular formula is C11H17N3O4S3. The van der Waals surface area contributed by atoms with Crippen molar-refractivity contribution in [1.29, 1.82) is 0 Å². The Hall–Kier alpha value is -0.840. The Morgan fingerprint density at radius 1 is 1.43 bits per heavy atom. The first-order chi connectivity index (χ1) is 9.96. The average molecular weight is 351 g/mol. The van der Waals surface area contributed by atoms with Gasteiger partial charge in [0.1, 0.15) is 4.21 Å². The van der Waals surface area contributed by atoms with Crippen molar-refractivity contribution < 1.29 is 13.3 Å². The maximum Gasteiger partial charge on any atom is 0.304 e. The van der Waals surface area contributed by atoms with E-state index in [1.54, 1.807) is 11.8 Å². The number of thiophene rings is 1. The standard InChI is InChI=1S/C11H17N3O4S3/c1-2-3-12-11-9(14(15)16)8-10(20-11)21(17,18)13-4-6-19-7-5-13/h8,12H,2-7H2,1H3. The van der Waals surface area contributed by atoms with Gasteiger partial charge in [-0.25, -0.2) is 8.42 Å². The predicted molar refractivity (Wildman–Crippen MR) is 85.8 cm³/mol. The molecule has 0 saturated carbocycles. The van der Waals surface area contributed by atoms with Gasteiger partial charge in [0.2, 0.25) is 0 Å². The summed E-state index contributed by atoms with van der Waals surface area (Å²) in [6.45, 7) is 3.42. The molecule has 21 heavy (non-hydrogen) atoms. The summed E-state index contributed by atoms with van der Waals surface area (Å²) in [5.41, 5.74) is -0.168. The Bertz CT molecular complexity index is 608. The molecule has 1 aromatic heterocycles. The lowest BCUT2D eigenvalue weighted by Crippen LogP contribution is -2.37. The zero-order valence-corrected chi connectivity index (χ0v) is 14.0. The molecule has 0 unspecified atom stereocenters. The largest absolute Gasteiger partial charge is 0.371 e. The molecule has 1 fully saturated rings. The van der Waals surface area contributed by atoms with Crippen LogP contribution in [0.1, 0.15) is 13.3 Å². The molecule has 0 amide bonds. The molecule has 0 aromatic carbocycles. The van der Waals surface area contributed by atoms with Gasteiger partial charge in [-0.1, -0.05) is 18.3 Å². The Labute approximate surface area is 131 Å². The fourth-order valence-electron chi connectivity index (χ4n) is 1.90. The van der Waals surface area contributed by atoms with Crippen molar-refractivity contribution in [3.05, 3.63) is 16.2 Å². The number of hydrogen-bond donors (Lipinski definition) is 1. The van der Waals surface area contributed by atoms with Crippen LogP contribution in [0.5, 0.6) is 0 Å². The second-order valence-electron chi connectivity index (χ2n) is 4.48. The van der Waals surface area contributed by atoms with Gasteiger partial charge in [0.25, 0.3) is 10.0 Å². The highest BCUT2D eigenvalue weighted by molar-refractivity contribution is 7.99. The Balaban J connectivity index is 2.32. The number of rotatable bonds is 6. The number of anilines is 1. The van der Waals surface area contributed by atoms with E-state index >= 15 is 0 Å². The van der Waals surface area contributed by atoms with Crippen LogP contribution in [0.2, 0.25) is 0 Å². The number of thioether (sulfide) groups is 1. The van der Waals surface area contributed by atoms with E-state index in [1.807, 2.05) is 6.92 Å². The first-order valence-electron chi connectivity index (χ1n) is 6.56. The molecule has 1 aliphatic heterocycles. The lowest BCUT2D eigenvalue weighted by atomic mass is 10.4. The number of sulfonamides is 1. The second kappa shape index (κ2) is 6.95. The number of nitrogens with zero attached hydrogens (tertiary/aromatic N) is 2. The second-order valence-corrected chi connectivity index (χ2v) is 8.92. The highest BCUT2D eigenvalue weighted by Gasteiger charge is 2.31. The quantitative estimate of drug-likeness (QED) is 0.624. The van der Waals surface area contributed by atoms with Crippen molar-refractivity contribution in [2.45, 2.75) is 17.6 Å². The van der Waals surface area contributed by atoms with Gasteiger partial charge >= 0.3 is 5.69 Å². The summed E-state index contributed by atoms with van der Waals surface area (Å²) in [5, 5.41) is 14.3. The maximum atomic E-state index is 12.5. The predicted octanol–water partition coefficient (Wildman–Crippen LogP) is 2.22. The van der Waals surface area contributed by atoms with Crippen molar-refractivity contribution in [2.75, 3.05) is 36.5 Å². The molecule has 0 aliphatic carbocycles. The van der Waals surface area contributed by atoms with Crippen LogP contribution in [0.4, 0.5) is 10.7 Å². The van der Waals surface area contributed by atoms with Crippen LogP contribution >= 0.6 is 23.1 Å². The van der Waals surface area contributed by atoms with E-state index in [4.69, 9.17) is 0 Å². The van der Waals surface area contributed by atoms with Crippen molar-refractivity contribution in [3.63, 3.8) is 0 Å². The molecule has 0 radical (unpaired) electrons. The minimum absolute atomic E-state index is 0.0414. The van der Waals surface area contributed by atoms with Crippen molar-refractivity contribution in [3.8, 4) is 0 Å². The third-order valence-corrected chi connectivity index (χ3v) is 7.36. The minimum Gasteiger partial charge on any atom is -0.371 e. The highest BCUT2D eigenvalue weighted by Crippen LogP contribution is 2.38. The molecule has 0 atom stereocenters. The van der Waals surface area contributed by atoms with E-state index in [2.05, 4.69) is 5.32 Å². The third kappa shape index (κ3) is 3.68. The van der Waals surface area contributed by atoms with E-state index in [0.717, 1.165) is 29.3 Å². The molecule has 2 heterocycles. The highest BCUT2D eigenvalue weighted by atomic mass is 32.2. The minimum atomic E-state index is -3.63. The first-order valence-corrected chi connectivity index (χ1v) is 9.98. The molecule has 1 N–H and O–H groups in total. The number of hydrogen-bond acceptors (Lipinski definition) is 7. The van der Waals surface area contributed by atoms with E-state index in [0.29, 0.717) is 24.6 Å². The van der Waals surface area contributed by atoms with Gasteiger partial charge in [0, 0.05) is 37.2 Å². The van der Waals surface area contributed by atoms with Crippen LogP contribution in [-0.2, 0) is 10.0 Å². The van der Waals surface area contributed by atoms with Gasteiger partial charge in [0.15, 0.2) is 5.00 Å². The molecule has 1 aromatic rings. The first kappa shape index (κ1) is 16.5. The van der Waals surface area contributed by atoms with E-state index in [9.17, 15) is 18.5 Å². The van der Waals surface area contributed by atoms with E-state index < -0.39 is 14.9 Å². The van der Waals surface area contributed by atoms with Crippen molar-refractivity contribution >= 4 is 43.8 Å². The van der Waals surface area contributed by atoms with Crippen LogP contribution < -0.4 is 5.32 Å². The zero-order valence-electron chi connectivity index (χ0n) is 11.6. The summed E-state index contributed by atoms with van der Waals surface area (Å²) in [7, 11) is -3.63.